The second kappa shape index (κ2) is 9.79. The fraction of sp³-hybridized carbons (Fsp3) is 0.389. The van der Waals surface area contributed by atoms with Crippen LogP contribution in [0.3, 0.4) is 0 Å². The highest BCUT2D eigenvalue weighted by Gasteiger charge is 2.03. The summed E-state index contributed by atoms with van der Waals surface area (Å²) in [7, 11) is 0. The first kappa shape index (κ1) is 18.0. The molecule has 0 aliphatic heterocycles. The van der Waals surface area contributed by atoms with E-state index in [-0.39, 0.29) is 0 Å². The molecule has 1 amide bonds. The lowest BCUT2D eigenvalue weighted by Gasteiger charge is -2.23. The summed E-state index contributed by atoms with van der Waals surface area (Å²) in [6.45, 7) is 8.44. The van der Waals surface area contributed by atoms with E-state index in [2.05, 4.69) is 43.0 Å². The zero-order valence-corrected chi connectivity index (χ0v) is 13.7. The lowest BCUT2D eigenvalue weighted by molar-refractivity contribution is -0.124. The van der Waals surface area contributed by atoms with Crippen molar-refractivity contribution in [1.82, 2.24) is 5.48 Å². The summed E-state index contributed by atoms with van der Waals surface area (Å²) in [4.78, 5) is 13.3. The topological polar surface area (TPSA) is 52.6 Å². The van der Waals surface area contributed by atoms with Gasteiger partial charge in [0.1, 0.15) is 0 Å². The summed E-state index contributed by atoms with van der Waals surface area (Å²) in [5, 5.41) is 8.43. The number of carbonyl (C=O) groups is 1. The zero-order chi connectivity index (χ0) is 16.4. The standard InChI is InChI=1S/C18H26N2O2/c1-4-12-20(13-5-2)17-9-7-16(8-10-17)14-15(3)6-11-18(21)19-22/h6-11,14,22H,4-5,12-13H2,1-3H3,(H,19,21)/b11-6+,15-14+. The molecule has 1 aromatic rings. The van der Waals surface area contributed by atoms with Gasteiger partial charge < -0.3 is 4.90 Å². The van der Waals surface area contributed by atoms with E-state index in [0.717, 1.165) is 37.1 Å². The molecule has 0 bridgehead atoms. The fourth-order valence-corrected chi connectivity index (χ4v) is 2.25. The first-order valence-corrected chi connectivity index (χ1v) is 7.76. The molecule has 0 aliphatic carbocycles. The van der Waals surface area contributed by atoms with E-state index in [0.29, 0.717) is 0 Å². The second-order valence-electron chi connectivity index (χ2n) is 5.28. The highest BCUT2D eigenvalue weighted by atomic mass is 16.5. The van der Waals surface area contributed by atoms with Crippen molar-refractivity contribution < 1.29 is 10.0 Å². The highest BCUT2D eigenvalue weighted by Crippen LogP contribution is 2.18. The number of nitrogens with zero attached hydrogens (tertiary/aromatic N) is 1. The largest absolute Gasteiger partial charge is 0.372 e. The molecule has 0 fully saturated rings. The number of benzene rings is 1. The van der Waals surface area contributed by atoms with Crippen LogP contribution in [0.15, 0.2) is 42.0 Å². The summed E-state index contributed by atoms with van der Waals surface area (Å²) in [6.07, 6.45) is 7.23. The molecule has 0 atom stereocenters. The van der Waals surface area contributed by atoms with Gasteiger partial charge in [-0.2, -0.15) is 0 Å². The van der Waals surface area contributed by atoms with E-state index in [1.165, 1.54) is 11.8 Å². The van der Waals surface area contributed by atoms with E-state index in [1.807, 2.05) is 13.0 Å². The maximum absolute atomic E-state index is 10.9. The van der Waals surface area contributed by atoms with Crippen LogP contribution in [0.5, 0.6) is 0 Å². The summed E-state index contributed by atoms with van der Waals surface area (Å²) >= 11 is 0. The maximum atomic E-state index is 10.9. The van der Waals surface area contributed by atoms with Crippen LogP contribution in [0.1, 0.15) is 39.2 Å². The number of anilines is 1. The molecule has 0 radical (unpaired) electrons. The van der Waals surface area contributed by atoms with Gasteiger partial charge in [0.05, 0.1) is 0 Å². The third kappa shape index (κ3) is 6.14. The molecule has 1 rings (SSSR count). The van der Waals surface area contributed by atoms with Gasteiger partial charge in [0, 0.05) is 24.9 Å². The predicted octanol–water partition coefficient (Wildman–Crippen LogP) is 3.78. The first-order chi connectivity index (χ1) is 10.6. The van der Waals surface area contributed by atoms with Crippen LogP contribution in [0, 0.1) is 0 Å². The van der Waals surface area contributed by atoms with Crippen LogP contribution in [-0.4, -0.2) is 24.2 Å². The molecular weight excluding hydrogens is 276 g/mol. The van der Waals surface area contributed by atoms with Crippen LogP contribution < -0.4 is 10.4 Å². The van der Waals surface area contributed by atoms with Gasteiger partial charge in [0.15, 0.2) is 0 Å². The van der Waals surface area contributed by atoms with Crippen LogP contribution >= 0.6 is 0 Å². The smallest absolute Gasteiger partial charge is 0.267 e. The van der Waals surface area contributed by atoms with E-state index in [1.54, 1.807) is 11.6 Å². The minimum absolute atomic E-state index is 0.530. The first-order valence-electron chi connectivity index (χ1n) is 7.76. The number of hydrogen-bond acceptors (Lipinski definition) is 3. The van der Waals surface area contributed by atoms with Crippen molar-refractivity contribution in [3.8, 4) is 0 Å². The monoisotopic (exact) mass is 302 g/mol. The van der Waals surface area contributed by atoms with E-state index in [9.17, 15) is 4.79 Å². The summed E-state index contributed by atoms with van der Waals surface area (Å²) < 4.78 is 0. The van der Waals surface area contributed by atoms with Gasteiger partial charge in [-0.15, -0.1) is 0 Å². The molecule has 4 nitrogen and oxygen atoms in total. The van der Waals surface area contributed by atoms with Crippen LogP contribution in [0.25, 0.3) is 6.08 Å². The number of rotatable bonds is 8. The Bertz CT molecular complexity index is 512. The molecule has 1 aromatic carbocycles. The third-order valence-electron chi connectivity index (χ3n) is 3.25. The molecule has 22 heavy (non-hydrogen) atoms. The minimum atomic E-state index is -0.530. The zero-order valence-electron chi connectivity index (χ0n) is 13.7. The molecule has 2 N–H and O–H groups in total. The van der Waals surface area contributed by atoms with Gasteiger partial charge in [-0.05, 0) is 37.5 Å². The molecule has 0 saturated heterocycles. The van der Waals surface area contributed by atoms with Gasteiger partial charge in [-0.3, -0.25) is 10.0 Å². The highest BCUT2D eigenvalue weighted by molar-refractivity contribution is 5.87. The Labute approximate surface area is 133 Å². The Morgan fingerprint density at radius 3 is 2.23 bits per heavy atom. The van der Waals surface area contributed by atoms with Crippen molar-refractivity contribution in [2.75, 3.05) is 18.0 Å². The molecule has 4 heteroatoms. The van der Waals surface area contributed by atoms with Crippen molar-refractivity contribution in [2.24, 2.45) is 0 Å². The van der Waals surface area contributed by atoms with Crippen molar-refractivity contribution in [3.63, 3.8) is 0 Å². The van der Waals surface area contributed by atoms with Crippen molar-refractivity contribution in [3.05, 3.63) is 47.6 Å². The Hall–Kier alpha value is -2.07. The Balaban J connectivity index is 2.79. The normalized spacial score (nSPS) is 11.7. The second-order valence-corrected chi connectivity index (χ2v) is 5.28. The van der Waals surface area contributed by atoms with Gasteiger partial charge in [-0.1, -0.05) is 43.7 Å². The van der Waals surface area contributed by atoms with Gasteiger partial charge in [0.2, 0.25) is 0 Å². The lowest BCUT2D eigenvalue weighted by Crippen LogP contribution is -2.24. The molecule has 0 heterocycles. The maximum Gasteiger partial charge on any atom is 0.267 e. The average Bonchev–Trinajstić information content (AvgIpc) is 2.53. The predicted molar refractivity (Wildman–Crippen MR) is 92.0 cm³/mol. The molecule has 0 aliphatic rings. The lowest BCUT2D eigenvalue weighted by atomic mass is 10.1. The molecule has 0 aromatic heterocycles. The summed E-state index contributed by atoms with van der Waals surface area (Å²) in [5.74, 6) is -0.530. The Kier molecular flexibility index (Phi) is 8.00. The number of hydrogen-bond donors (Lipinski definition) is 2. The average molecular weight is 302 g/mol. The number of allylic oxidation sites excluding steroid dienone is 2. The Morgan fingerprint density at radius 1 is 1.14 bits per heavy atom. The number of nitrogens with one attached hydrogen (secondary N) is 1. The Morgan fingerprint density at radius 2 is 1.73 bits per heavy atom. The number of carbonyl (C=O) groups excluding carboxylic acids is 1. The van der Waals surface area contributed by atoms with Crippen molar-refractivity contribution >= 4 is 17.7 Å². The summed E-state index contributed by atoms with van der Waals surface area (Å²) in [6, 6.07) is 8.43. The van der Waals surface area contributed by atoms with Crippen molar-refractivity contribution in [1.29, 1.82) is 0 Å². The molecule has 0 unspecified atom stereocenters. The van der Waals surface area contributed by atoms with Crippen LogP contribution in [-0.2, 0) is 4.79 Å². The van der Waals surface area contributed by atoms with E-state index < -0.39 is 5.91 Å². The molecule has 0 saturated carbocycles. The SMILES string of the molecule is CCCN(CCC)c1ccc(/C=C(C)/C=C/C(=O)NO)cc1. The van der Waals surface area contributed by atoms with Gasteiger partial charge in [-0.25, -0.2) is 5.48 Å². The number of hydroxylamine groups is 1. The molecular formula is C18H26N2O2. The molecule has 0 spiro atoms. The van der Waals surface area contributed by atoms with Crippen LogP contribution in [0.4, 0.5) is 5.69 Å². The van der Waals surface area contributed by atoms with Gasteiger partial charge >= 0.3 is 0 Å². The van der Waals surface area contributed by atoms with E-state index in [4.69, 9.17) is 5.21 Å². The number of amides is 1. The van der Waals surface area contributed by atoms with E-state index >= 15 is 0 Å². The fourth-order valence-electron chi connectivity index (χ4n) is 2.25. The third-order valence-corrected chi connectivity index (χ3v) is 3.25. The summed E-state index contributed by atoms with van der Waals surface area (Å²) in [5.41, 5.74) is 4.84. The van der Waals surface area contributed by atoms with Crippen molar-refractivity contribution in [2.45, 2.75) is 33.6 Å². The van der Waals surface area contributed by atoms with Gasteiger partial charge in [0.25, 0.3) is 5.91 Å². The van der Waals surface area contributed by atoms with Crippen LogP contribution in [0.2, 0.25) is 0 Å². The minimum Gasteiger partial charge on any atom is -0.372 e. The quantitative estimate of drug-likeness (QED) is 0.332. The molecule has 120 valence electrons.